The van der Waals surface area contributed by atoms with E-state index in [9.17, 15) is 18.0 Å². The molecule has 0 amide bonds. The van der Waals surface area contributed by atoms with Crippen molar-refractivity contribution in [3.63, 3.8) is 0 Å². The van der Waals surface area contributed by atoms with Gasteiger partial charge in [-0.3, -0.25) is 14.4 Å². The van der Waals surface area contributed by atoms with Crippen LogP contribution in [0.25, 0.3) is 10.9 Å². The van der Waals surface area contributed by atoms with Gasteiger partial charge in [0.1, 0.15) is 5.75 Å². The lowest BCUT2D eigenvalue weighted by Gasteiger charge is -2.12. The van der Waals surface area contributed by atoms with Gasteiger partial charge in [0.25, 0.3) is 5.91 Å². The Hall–Kier alpha value is -3.09. The highest BCUT2D eigenvalue weighted by molar-refractivity contribution is 6.03. The van der Waals surface area contributed by atoms with Gasteiger partial charge in [0, 0.05) is 29.4 Å². The molecule has 2 aromatic carbocycles. The zero-order chi connectivity index (χ0) is 19.8. The number of alkyl halides is 3. The van der Waals surface area contributed by atoms with Gasteiger partial charge in [-0.15, -0.1) is 13.2 Å². The summed E-state index contributed by atoms with van der Waals surface area (Å²) < 4.78 is 42.7. The van der Waals surface area contributed by atoms with E-state index in [0.717, 1.165) is 16.8 Å². The van der Waals surface area contributed by atoms with E-state index in [0.29, 0.717) is 16.5 Å². The Morgan fingerprint density at radius 2 is 1.85 bits per heavy atom. The number of ether oxygens (including phenoxy) is 1. The van der Waals surface area contributed by atoms with Crippen LogP contribution < -0.4 is 4.74 Å². The van der Waals surface area contributed by atoms with Crippen LogP contribution in [-0.2, 0) is 0 Å². The van der Waals surface area contributed by atoms with Crippen LogP contribution >= 0.6 is 0 Å². The number of fused-ring (bicyclic) bond motifs is 1. The molecule has 0 N–H and O–H groups in total. The third-order valence-electron chi connectivity index (χ3n) is 4.16. The van der Waals surface area contributed by atoms with Gasteiger partial charge in [-0.05, 0) is 62.2 Å². The third-order valence-corrected chi connectivity index (χ3v) is 4.16. The molecule has 0 saturated heterocycles. The Balaban J connectivity index is 2.06. The number of nitrogens with zero attached hydrogens (tertiary/aromatic N) is 2. The molecule has 3 rings (SSSR count). The number of halogens is 3. The lowest BCUT2D eigenvalue weighted by Crippen LogP contribution is -2.17. The summed E-state index contributed by atoms with van der Waals surface area (Å²) in [5, 5.41) is 0.638. The van der Waals surface area contributed by atoms with E-state index in [4.69, 9.17) is 0 Å². The van der Waals surface area contributed by atoms with E-state index in [2.05, 4.69) is 9.73 Å². The summed E-state index contributed by atoms with van der Waals surface area (Å²) in [6, 6.07) is 9.13. The fourth-order valence-corrected chi connectivity index (χ4v) is 2.92. The van der Waals surface area contributed by atoms with Gasteiger partial charge < -0.3 is 4.74 Å². The van der Waals surface area contributed by atoms with Crippen molar-refractivity contribution in [3.05, 3.63) is 59.3 Å². The molecule has 0 aliphatic rings. The molecule has 4 nitrogen and oxygen atoms in total. The normalized spacial score (nSPS) is 12.1. The average Bonchev–Trinajstić information content (AvgIpc) is 2.99. The van der Waals surface area contributed by atoms with E-state index in [1.807, 2.05) is 13.0 Å². The van der Waals surface area contributed by atoms with E-state index in [-0.39, 0.29) is 11.7 Å². The second-order valence-corrected chi connectivity index (χ2v) is 6.10. The molecule has 27 heavy (non-hydrogen) atoms. The predicted octanol–water partition coefficient (Wildman–Crippen LogP) is 5.57. The van der Waals surface area contributed by atoms with Crippen LogP contribution in [0.3, 0.4) is 0 Å². The Morgan fingerprint density at radius 3 is 2.52 bits per heavy atom. The minimum absolute atomic E-state index is 0.332. The van der Waals surface area contributed by atoms with E-state index >= 15 is 0 Å². The topological polar surface area (TPSA) is 43.6 Å². The molecule has 0 spiro atoms. The largest absolute Gasteiger partial charge is 0.573 e. The molecule has 1 heterocycles. The molecule has 0 aliphatic heterocycles. The quantitative estimate of drug-likeness (QED) is 0.563. The number of rotatable bonds is 3. The van der Waals surface area contributed by atoms with Gasteiger partial charge in [-0.25, -0.2) is 0 Å². The molecule has 0 bridgehead atoms. The van der Waals surface area contributed by atoms with Crippen molar-refractivity contribution in [1.82, 2.24) is 4.57 Å². The van der Waals surface area contributed by atoms with Crippen molar-refractivity contribution in [2.24, 2.45) is 4.99 Å². The van der Waals surface area contributed by atoms with Crippen molar-refractivity contribution in [2.45, 2.75) is 27.1 Å². The molecule has 0 aliphatic carbocycles. The minimum Gasteiger partial charge on any atom is -0.406 e. The highest BCUT2D eigenvalue weighted by atomic mass is 19.4. The SMILES string of the molecule is CC=Nc1cc(C)c(C(=O)n2ccc3ccc(OC(F)(F)F)cc32)cc1C. The van der Waals surface area contributed by atoms with Crippen LogP contribution in [0, 0.1) is 13.8 Å². The van der Waals surface area contributed by atoms with Crippen LogP contribution in [0.4, 0.5) is 18.9 Å². The fraction of sp³-hybridized carbons (Fsp3) is 0.200. The highest BCUT2D eigenvalue weighted by Gasteiger charge is 2.31. The first kappa shape index (κ1) is 18.7. The van der Waals surface area contributed by atoms with Crippen molar-refractivity contribution in [1.29, 1.82) is 0 Å². The van der Waals surface area contributed by atoms with Crippen LogP contribution in [0.5, 0.6) is 5.75 Å². The number of hydrogen-bond acceptors (Lipinski definition) is 3. The van der Waals surface area contributed by atoms with Crippen molar-refractivity contribution in [2.75, 3.05) is 0 Å². The standard InChI is InChI=1S/C20H17F3N2O2/c1-4-24-17-10-12(2)16(9-13(17)3)19(26)25-8-7-14-5-6-15(11-18(14)25)27-20(21,22)23/h4-11H,1-3H3. The summed E-state index contributed by atoms with van der Waals surface area (Å²) in [4.78, 5) is 17.3. The summed E-state index contributed by atoms with van der Waals surface area (Å²) in [6.45, 7) is 5.45. The van der Waals surface area contributed by atoms with Gasteiger partial charge >= 0.3 is 6.36 Å². The van der Waals surface area contributed by atoms with Crippen LogP contribution in [0.2, 0.25) is 0 Å². The van der Waals surface area contributed by atoms with Gasteiger partial charge in [0.15, 0.2) is 0 Å². The molecular formula is C20H17F3N2O2. The Labute approximate surface area is 153 Å². The fourth-order valence-electron chi connectivity index (χ4n) is 2.92. The molecule has 0 radical (unpaired) electrons. The van der Waals surface area contributed by atoms with Crippen LogP contribution in [-0.4, -0.2) is 23.1 Å². The van der Waals surface area contributed by atoms with Crippen molar-refractivity contribution >= 4 is 28.7 Å². The molecular weight excluding hydrogens is 357 g/mol. The molecule has 140 valence electrons. The first-order valence-corrected chi connectivity index (χ1v) is 8.21. The summed E-state index contributed by atoms with van der Waals surface area (Å²) in [6.07, 6.45) is -1.58. The number of carbonyl (C=O) groups is 1. The molecule has 7 heteroatoms. The van der Waals surface area contributed by atoms with Crippen molar-refractivity contribution < 1.29 is 22.7 Å². The second-order valence-electron chi connectivity index (χ2n) is 6.10. The first-order valence-electron chi connectivity index (χ1n) is 8.21. The number of aryl methyl sites for hydroxylation is 2. The third kappa shape index (κ3) is 3.86. The zero-order valence-corrected chi connectivity index (χ0v) is 15.0. The van der Waals surface area contributed by atoms with Gasteiger partial charge in [-0.2, -0.15) is 0 Å². The number of carbonyl (C=O) groups excluding carboxylic acids is 1. The lowest BCUT2D eigenvalue weighted by atomic mass is 10.0. The number of hydrogen-bond donors (Lipinski definition) is 0. The van der Waals surface area contributed by atoms with Crippen LogP contribution in [0.1, 0.15) is 28.4 Å². The average molecular weight is 374 g/mol. The zero-order valence-electron chi connectivity index (χ0n) is 15.0. The first-order chi connectivity index (χ1) is 12.7. The van der Waals surface area contributed by atoms with E-state index in [1.54, 1.807) is 32.2 Å². The molecule has 0 atom stereocenters. The Kier molecular flexibility index (Phi) is 4.78. The molecule has 1 aromatic heterocycles. The molecule has 0 unspecified atom stereocenters. The van der Waals surface area contributed by atoms with Crippen LogP contribution in [0.15, 0.2) is 47.6 Å². The number of aliphatic imine (C=N–C) groups is 1. The predicted molar refractivity (Wildman–Crippen MR) is 98.1 cm³/mol. The lowest BCUT2D eigenvalue weighted by molar-refractivity contribution is -0.274. The number of aromatic nitrogens is 1. The summed E-state index contributed by atoms with van der Waals surface area (Å²) in [5.74, 6) is -0.704. The Bertz CT molecular complexity index is 1050. The summed E-state index contributed by atoms with van der Waals surface area (Å²) in [5.41, 5.74) is 3.14. The van der Waals surface area contributed by atoms with Crippen molar-refractivity contribution in [3.8, 4) is 5.75 Å². The van der Waals surface area contributed by atoms with Gasteiger partial charge in [0.05, 0.1) is 11.2 Å². The van der Waals surface area contributed by atoms with E-state index < -0.39 is 6.36 Å². The van der Waals surface area contributed by atoms with E-state index in [1.165, 1.54) is 29.0 Å². The molecule has 3 aromatic rings. The molecule has 0 fully saturated rings. The maximum atomic E-state index is 13.0. The minimum atomic E-state index is -4.79. The number of benzene rings is 2. The smallest absolute Gasteiger partial charge is 0.406 e. The monoisotopic (exact) mass is 374 g/mol. The molecule has 0 saturated carbocycles. The maximum absolute atomic E-state index is 13.0. The maximum Gasteiger partial charge on any atom is 0.573 e. The summed E-state index contributed by atoms with van der Waals surface area (Å²) in [7, 11) is 0. The summed E-state index contributed by atoms with van der Waals surface area (Å²) >= 11 is 0. The van der Waals surface area contributed by atoms with Gasteiger partial charge in [-0.1, -0.05) is 0 Å². The highest BCUT2D eigenvalue weighted by Crippen LogP contribution is 2.29. The Morgan fingerprint density at radius 1 is 1.11 bits per heavy atom. The second kappa shape index (κ2) is 6.90. The van der Waals surface area contributed by atoms with Gasteiger partial charge in [0.2, 0.25) is 0 Å².